The minimum absolute atomic E-state index is 0.0675. The van der Waals surface area contributed by atoms with E-state index < -0.39 is 5.97 Å². The van der Waals surface area contributed by atoms with Gasteiger partial charge in [0.15, 0.2) is 6.61 Å². The zero-order valence-corrected chi connectivity index (χ0v) is 15.7. The Balaban J connectivity index is 1.64. The second kappa shape index (κ2) is 10.3. The molecular formula is C18H17Cl2NO3S. The first-order valence-corrected chi connectivity index (χ1v) is 9.38. The zero-order chi connectivity index (χ0) is 18.1. The molecule has 7 heteroatoms. The van der Waals surface area contributed by atoms with E-state index in [1.54, 1.807) is 17.8 Å². The zero-order valence-electron chi connectivity index (χ0n) is 13.3. The van der Waals surface area contributed by atoms with Crippen LogP contribution in [-0.4, -0.2) is 30.8 Å². The Morgan fingerprint density at radius 3 is 2.36 bits per heavy atom. The standard InChI is InChI=1S/C18H17Cl2NO3S/c19-14-8-4-9-15(20)17(14)18(23)24-12-16(22)21-10-5-11-25-13-6-2-1-3-7-13/h1-4,6-9H,5,10-12H2,(H,21,22). The molecule has 1 N–H and O–H groups in total. The highest BCUT2D eigenvalue weighted by atomic mass is 35.5. The van der Waals surface area contributed by atoms with Crippen molar-refractivity contribution in [3.05, 3.63) is 64.1 Å². The van der Waals surface area contributed by atoms with Crippen molar-refractivity contribution in [3.63, 3.8) is 0 Å². The first-order chi connectivity index (χ1) is 12.1. The van der Waals surface area contributed by atoms with Crippen LogP contribution >= 0.6 is 35.0 Å². The van der Waals surface area contributed by atoms with Gasteiger partial charge in [-0.25, -0.2) is 4.79 Å². The molecule has 25 heavy (non-hydrogen) atoms. The summed E-state index contributed by atoms with van der Waals surface area (Å²) >= 11 is 13.6. The molecule has 2 rings (SSSR count). The summed E-state index contributed by atoms with van der Waals surface area (Å²) < 4.78 is 4.95. The van der Waals surface area contributed by atoms with E-state index in [2.05, 4.69) is 5.32 Å². The minimum Gasteiger partial charge on any atom is -0.452 e. The van der Waals surface area contributed by atoms with Crippen molar-refractivity contribution in [1.82, 2.24) is 5.32 Å². The van der Waals surface area contributed by atoms with Gasteiger partial charge >= 0.3 is 5.97 Å². The number of amides is 1. The molecule has 0 aromatic heterocycles. The Hall–Kier alpha value is -1.69. The van der Waals surface area contributed by atoms with Crippen LogP contribution in [0.15, 0.2) is 53.4 Å². The van der Waals surface area contributed by atoms with Gasteiger partial charge in [-0.2, -0.15) is 0 Å². The highest BCUT2D eigenvalue weighted by Crippen LogP contribution is 2.24. The molecule has 0 fully saturated rings. The molecule has 0 saturated carbocycles. The number of hydrogen-bond acceptors (Lipinski definition) is 4. The Morgan fingerprint density at radius 1 is 1.00 bits per heavy atom. The molecule has 0 atom stereocenters. The molecule has 2 aromatic carbocycles. The molecule has 0 aliphatic heterocycles. The summed E-state index contributed by atoms with van der Waals surface area (Å²) in [6.07, 6.45) is 0.815. The summed E-state index contributed by atoms with van der Waals surface area (Å²) in [4.78, 5) is 24.9. The van der Waals surface area contributed by atoms with E-state index in [4.69, 9.17) is 27.9 Å². The molecule has 0 bridgehead atoms. The van der Waals surface area contributed by atoms with Crippen LogP contribution in [0.3, 0.4) is 0 Å². The maximum atomic E-state index is 11.9. The van der Waals surface area contributed by atoms with Crippen molar-refractivity contribution >= 4 is 46.8 Å². The maximum absolute atomic E-state index is 11.9. The highest BCUT2D eigenvalue weighted by molar-refractivity contribution is 7.99. The average molecular weight is 398 g/mol. The maximum Gasteiger partial charge on any atom is 0.341 e. The van der Waals surface area contributed by atoms with Crippen LogP contribution in [0.2, 0.25) is 10.0 Å². The second-order valence-electron chi connectivity index (χ2n) is 5.04. The van der Waals surface area contributed by atoms with Gasteiger partial charge in [0.05, 0.1) is 15.6 Å². The Labute approximate surface area is 160 Å². The van der Waals surface area contributed by atoms with Crippen LogP contribution in [-0.2, 0) is 9.53 Å². The number of carbonyl (C=O) groups is 2. The van der Waals surface area contributed by atoms with Gasteiger partial charge in [-0.3, -0.25) is 4.79 Å². The third-order valence-electron chi connectivity index (χ3n) is 3.16. The lowest BCUT2D eigenvalue weighted by molar-refractivity contribution is -0.124. The molecule has 0 saturated heterocycles. The fourth-order valence-electron chi connectivity index (χ4n) is 1.95. The van der Waals surface area contributed by atoms with E-state index in [0.717, 1.165) is 12.2 Å². The number of ether oxygens (including phenoxy) is 1. The summed E-state index contributed by atoms with van der Waals surface area (Å²) in [6.45, 7) is 0.148. The smallest absolute Gasteiger partial charge is 0.341 e. The SMILES string of the molecule is O=C(COC(=O)c1c(Cl)cccc1Cl)NCCCSc1ccccc1. The molecule has 1 amide bonds. The number of thioether (sulfide) groups is 1. The van der Waals surface area contributed by atoms with Crippen LogP contribution in [0.25, 0.3) is 0 Å². The molecule has 0 unspecified atom stereocenters. The van der Waals surface area contributed by atoms with Crippen LogP contribution in [0.1, 0.15) is 16.8 Å². The number of carbonyl (C=O) groups excluding carboxylic acids is 2. The summed E-state index contributed by atoms with van der Waals surface area (Å²) in [6, 6.07) is 14.7. The van der Waals surface area contributed by atoms with Gasteiger partial charge in [0.1, 0.15) is 0 Å². The number of benzene rings is 2. The van der Waals surface area contributed by atoms with Gasteiger partial charge in [-0.1, -0.05) is 47.5 Å². The molecule has 132 valence electrons. The predicted octanol–water partition coefficient (Wildman–Crippen LogP) is 4.45. The lowest BCUT2D eigenvalue weighted by Crippen LogP contribution is -2.30. The van der Waals surface area contributed by atoms with Gasteiger partial charge in [-0.15, -0.1) is 11.8 Å². The van der Waals surface area contributed by atoms with E-state index in [1.807, 2.05) is 30.3 Å². The minimum atomic E-state index is -0.717. The molecule has 0 aliphatic carbocycles. The van der Waals surface area contributed by atoms with E-state index >= 15 is 0 Å². The fraction of sp³-hybridized carbons (Fsp3) is 0.222. The number of nitrogens with one attached hydrogen (secondary N) is 1. The highest BCUT2D eigenvalue weighted by Gasteiger charge is 2.17. The number of esters is 1. The average Bonchev–Trinajstić information content (AvgIpc) is 2.60. The molecule has 0 aliphatic rings. The van der Waals surface area contributed by atoms with E-state index in [9.17, 15) is 9.59 Å². The molecule has 0 spiro atoms. The number of hydrogen-bond donors (Lipinski definition) is 1. The van der Waals surface area contributed by atoms with Gasteiger partial charge in [0, 0.05) is 11.4 Å². The first kappa shape index (κ1) is 19.6. The summed E-state index contributed by atoms with van der Waals surface area (Å²) in [5, 5.41) is 3.09. The second-order valence-corrected chi connectivity index (χ2v) is 7.02. The monoisotopic (exact) mass is 397 g/mol. The largest absolute Gasteiger partial charge is 0.452 e. The molecule has 0 heterocycles. The van der Waals surface area contributed by atoms with Crippen molar-refractivity contribution in [2.75, 3.05) is 18.9 Å². The Morgan fingerprint density at radius 2 is 1.68 bits per heavy atom. The number of halogens is 2. The Bertz CT molecular complexity index is 705. The van der Waals surface area contributed by atoms with E-state index in [-0.39, 0.29) is 28.1 Å². The summed E-state index contributed by atoms with van der Waals surface area (Å²) in [5.74, 6) is -0.189. The summed E-state index contributed by atoms with van der Waals surface area (Å²) in [5.41, 5.74) is 0.0675. The summed E-state index contributed by atoms with van der Waals surface area (Å²) in [7, 11) is 0. The number of rotatable bonds is 8. The van der Waals surface area contributed by atoms with Gasteiger partial charge < -0.3 is 10.1 Å². The van der Waals surface area contributed by atoms with Crippen molar-refractivity contribution in [2.45, 2.75) is 11.3 Å². The third-order valence-corrected chi connectivity index (χ3v) is 4.88. The van der Waals surface area contributed by atoms with Gasteiger partial charge in [0.2, 0.25) is 0 Å². The molecule has 0 radical (unpaired) electrons. The Kier molecular flexibility index (Phi) is 8.12. The molecule has 2 aromatic rings. The van der Waals surface area contributed by atoms with Crippen molar-refractivity contribution in [2.24, 2.45) is 0 Å². The van der Waals surface area contributed by atoms with Crippen molar-refractivity contribution in [3.8, 4) is 0 Å². The van der Waals surface area contributed by atoms with Crippen molar-refractivity contribution in [1.29, 1.82) is 0 Å². The van der Waals surface area contributed by atoms with Crippen LogP contribution in [0, 0.1) is 0 Å². The predicted molar refractivity (Wildman–Crippen MR) is 102 cm³/mol. The first-order valence-electron chi connectivity index (χ1n) is 7.63. The van der Waals surface area contributed by atoms with Gasteiger partial charge in [-0.05, 0) is 36.4 Å². The van der Waals surface area contributed by atoms with Gasteiger partial charge in [0.25, 0.3) is 5.91 Å². The topological polar surface area (TPSA) is 55.4 Å². The molecule has 4 nitrogen and oxygen atoms in total. The fourth-order valence-corrected chi connectivity index (χ4v) is 3.38. The van der Waals surface area contributed by atoms with E-state index in [1.165, 1.54) is 17.0 Å². The normalized spacial score (nSPS) is 10.3. The van der Waals surface area contributed by atoms with Crippen LogP contribution in [0.5, 0.6) is 0 Å². The van der Waals surface area contributed by atoms with Crippen molar-refractivity contribution < 1.29 is 14.3 Å². The third kappa shape index (κ3) is 6.61. The lowest BCUT2D eigenvalue weighted by Gasteiger charge is -2.08. The van der Waals surface area contributed by atoms with Crippen LogP contribution < -0.4 is 5.32 Å². The van der Waals surface area contributed by atoms with E-state index in [0.29, 0.717) is 6.54 Å². The lowest BCUT2D eigenvalue weighted by atomic mass is 10.2. The molecular weight excluding hydrogens is 381 g/mol. The quantitative estimate of drug-likeness (QED) is 0.406. The van der Waals surface area contributed by atoms with Crippen LogP contribution in [0.4, 0.5) is 0 Å².